The zero-order valence-corrected chi connectivity index (χ0v) is 16.3. The summed E-state index contributed by atoms with van der Waals surface area (Å²) in [7, 11) is 1.64. The predicted molar refractivity (Wildman–Crippen MR) is 109 cm³/mol. The van der Waals surface area contributed by atoms with Crippen molar-refractivity contribution in [1.82, 2.24) is 20.6 Å². The molecule has 0 amide bonds. The average Bonchev–Trinajstić information content (AvgIpc) is 2.59. The molecule has 1 aromatic heterocycles. The van der Waals surface area contributed by atoms with E-state index in [0.717, 1.165) is 29.2 Å². The second kappa shape index (κ2) is 9.67. The van der Waals surface area contributed by atoms with Gasteiger partial charge < -0.3 is 15.4 Å². The molecule has 0 bridgehead atoms. The Morgan fingerprint density at radius 1 is 1.15 bits per heavy atom. The standard InChI is InChI=1S/C18H24N6OS/c1-5-19-18(26)24-16(23-17-21-12(2)10-13(3)22-17)20-11-14-6-8-15(25-4)9-7-14/h6-10H,5,11H2,1-4H3,(H3,19,20,21,22,23,24,26). The van der Waals surface area contributed by atoms with E-state index < -0.39 is 0 Å². The van der Waals surface area contributed by atoms with E-state index in [1.165, 1.54) is 0 Å². The molecular formula is C18H24N6OS. The lowest BCUT2D eigenvalue weighted by Gasteiger charge is -2.13. The number of thiocarbonyl (C=S) groups is 1. The Kier molecular flexibility index (Phi) is 7.28. The van der Waals surface area contributed by atoms with E-state index in [4.69, 9.17) is 17.0 Å². The summed E-state index contributed by atoms with van der Waals surface area (Å²) < 4.78 is 5.17. The molecule has 7 nitrogen and oxygen atoms in total. The first kappa shape index (κ1) is 19.6. The molecule has 2 rings (SSSR count). The number of anilines is 1. The molecule has 0 atom stereocenters. The molecule has 3 N–H and O–H groups in total. The highest BCUT2D eigenvalue weighted by atomic mass is 32.1. The van der Waals surface area contributed by atoms with Gasteiger partial charge in [0, 0.05) is 17.9 Å². The van der Waals surface area contributed by atoms with Gasteiger partial charge in [0.05, 0.1) is 13.7 Å². The summed E-state index contributed by atoms with van der Waals surface area (Å²) in [6, 6.07) is 9.66. The Bertz CT molecular complexity index is 756. The van der Waals surface area contributed by atoms with Gasteiger partial charge in [-0.2, -0.15) is 0 Å². The van der Waals surface area contributed by atoms with Crippen LogP contribution in [0.4, 0.5) is 5.95 Å². The number of nitrogens with one attached hydrogen (secondary N) is 3. The highest BCUT2D eigenvalue weighted by Gasteiger charge is 2.06. The van der Waals surface area contributed by atoms with Crippen LogP contribution in [0.25, 0.3) is 0 Å². The van der Waals surface area contributed by atoms with Gasteiger partial charge in [0.2, 0.25) is 11.9 Å². The molecule has 138 valence electrons. The second-order valence-electron chi connectivity index (χ2n) is 5.60. The van der Waals surface area contributed by atoms with E-state index in [0.29, 0.717) is 23.6 Å². The zero-order chi connectivity index (χ0) is 18.9. The van der Waals surface area contributed by atoms with Gasteiger partial charge in [-0.15, -0.1) is 0 Å². The fraction of sp³-hybridized carbons (Fsp3) is 0.333. The number of methoxy groups -OCH3 is 1. The number of benzene rings is 1. The monoisotopic (exact) mass is 372 g/mol. The first-order valence-corrected chi connectivity index (χ1v) is 8.72. The van der Waals surface area contributed by atoms with Crippen LogP contribution in [0.3, 0.4) is 0 Å². The molecule has 0 aliphatic rings. The molecule has 0 aliphatic heterocycles. The van der Waals surface area contributed by atoms with Crippen LogP contribution in [0.5, 0.6) is 5.75 Å². The summed E-state index contributed by atoms with van der Waals surface area (Å²) in [4.78, 5) is 13.3. The van der Waals surface area contributed by atoms with Crippen molar-refractivity contribution in [2.75, 3.05) is 19.0 Å². The third-order valence-corrected chi connectivity index (χ3v) is 3.61. The first-order chi connectivity index (χ1) is 12.5. The van der Waals surface area contributed by atoms with Crippen molar-refractivity contribution in [2.45, 2.75) is 27.3 Å². The van der Waals surface area contributed by atoms with Crippen LogP contribution in [0.2, 0.25) is 0 Å². The van der Waals surface area contributed by atoms with Gasteiger partial charge in [0.15, 0.2) is 5.11 Å². The fourth-order valence-corrected chi connectivity index (χ4v) is 2.45. The van der Waals surface area contributed by atoms with E-state index in [1.807, 2.05) is 51.1 Å². The average molecular weight is 372 g/mol. The van der Waals surface area contributed by atoms with Gasteiger partial charge in [-0.1, -0.05) is 12.1 Å². The molecule has 0 fully saturated rings. The quantitative estimate of drug-likeness (QED) is 0.423. The van der Waals surface area contributed by atoms with Crippen LogP contribution in [-0.2, 0) is 6.54 Å². The van der Waals surface area contributed by atoms with Crippen LogP contribution in [0.15, 0.2) is 35.3 Å². The number of hydrogen-bond acceptors (Lipinski definition) is 5. The van der Waals surface area contributed by atoms with E-state index in [1.54, 1.807) is 7.11 Å². The third kappa shape index (κ3) is 6.29. The summed E-state index contributed by atoms with van der Waals surface area (Å²) >= 11 is 5.26. The molecule has 2 aromatic rings. The van der Waals surface area contributed by atoms with E-state index in [9.17, 15) is 0 Å². The zero-order valence-electron chi connectivity index (χ0n) is 15.5. The van der Waals surface area contributed by atoms with E-state index >= 15 is 0 Å². The van der Waals surface area contributed by atoms with Crippen LogP contribution in [-0.4, -0.2) is 34.7 Å². The maximum atomic E-state index is 5.26. The van der Waals surface area contributed by atoms with Gasteiger partial charge in [0.1, 0.15) is 5.75 Å². The van der Waals surface area contributed by atoms with E-state index in [-0.39, 0.29) is 0 Å². The number of rotatable bonds is 5. The number of hydrogen-bond donors (Lipinski definition) is 3. The third-order valence-electron chi connectivity index (χ3n) is 3.36. The molecule has 0 radical (unpaired) electrons. The Hall–Kier alpha value is -2.74. The highest BCUT2D eigenvalue weighted by molar-refractivity contribution is 7.80. The normalized spacial score (nSPS) is 11.0. The minimum absolute atomic E-state index is 0.471. The Morgan fingerprint density at radius 3 is 2.38 bits per heavy atom. The van der Waals surface area contributed by atoms with Crippen molar-refractivity contribution in [1.29, 1.82) is 0 Å². The van der Waals surface area contributed by atoms with Crippen molar-refractivity contribution >= 4 is 29.2 Å². The summed E-state index contributed by atoms with van der Waals surface area (Å²) in [5.41, 5.74) is 2.80. The SMILES string of the molecule is CCNC(=S)NC(=NCc1ccc(OC)cc1)Nc1nc(C)cc(C)n1. The van der Waals surface area contributed by atoms with Gasteiger partial charge >= 0.3 is 0 Å². The predicted octanol–water partition coefficient (Wildman–Crippen LogP) is 2.55. The molecule has 1 aromatic carbocycles. The number of aromatic nitrogens is 2. The van der Waals surface area contributed by atoms with Gasteiger partial charge in [-0.3, -0.25) is 5.32 Å². The van der Waals surface area contributed by atoms with Crippen molar-refractivity contribution in [3.8, 4) is 5.75 Å². The van der Waals surface area contributed by atoms with Gasteiger partial charge in [-0.05, 0) is 56.8 Å². The maximum absolute atomic E-state index is 5.26. The van der Waals surface area contributed by atoms with Crippen LogP contribution >= 0.6 is 12.2 Å². The lowest BCUT2D eigenvalue weighted by atomic mass is 10.2. The van der Waals surface area contributed by atoms with Crippen molar-refractivity contribution in [3.63, 3.8) is 0 Å². The molecule has 0 aliphatic carbocycles. The van der Waals surface area contributed by atoms with Gasteiger partial charge in [-0.25, -0.2) is 15.0 Å². The number of guanidine groups is 1. The molecule has 26 heavy (non-hydrogen) atoms. The topological polar surface area (TPSA) is 83.5 Å². The van der Waals surface area contributed by atoms with Crippen molar-refractivity contribution < 1.29 is 4.74 Å². The molecule has 0 saturated carbocycles. The second-order valence-corrected chi connectivity index (χ2v) is 6.00. The molecule has 0 unspecified atom stereocenters. The lowest BCUT2D eigenvalue weighted by Crippen LogP contribution is -2.42. The van der Waals surface area contributed by atoms with Crippen LogP contribution in [0.1, 0.15) is 23.9 Å². The Morgan fingerprint density at radius 2 is 1.81 bits per heavy atom. The number of ether oxygens (including phenoxy) is 1. The minimum atomic E-state index is 0.471. The van der Waals surface area contributed by atoms with Crippen molar-refractivity contribution in [3.05, 3.63) is 47.3 Å². The molecule has 8 heteroatoms. The number of nitrogens with zero attached hydrogens (tertiary/aromatic N) is 3. The molecule has 0 saturated heterocycles. The Balaban J connectivity index is 2.16. The summed E-state index contributed by atoms with van der Waals surface area (Å²) in [6.45, 7) is 7.01. The van der Waals surface area contributed by atoms with E-state index in [2.05, 4.69) is 30.9 Å². The molecule has 0 spiro atoms. The van der Waals surface area contributed by atoms with Gasteiger partial charge in [0.25, 0.3) is 0 Å². The lowest BCUT2D eigenvalue weighted by molar-refractivity contribution is 0.414. The number of aliphatic imine (C=N–C) groups is 1. The fourth-order valence-electron chi connectivity index (χ4n) is 2.21. The molecule has 1 heterocycles. The van der Waals surface area contributed by atoms with Crippen molar-refractivity contribution in [2.24, 2.45) is 4.99 Å². The number of aryl methyl sites for hydroxylation is 2. The summed E-state index contributed by atoms with van der Waals surface area (Å²) in [5, 5.41) is 9.68. The molecular weight excluding hydrogens is 348 g/mol. The smallest absolute Gasteiger partial charge is 0.229 e. The largest absolute Gasteiger partial charge is 0.497 e. The Labute approximate surface area is 159 Å². The summed E-state index contributed by atoms with van der Waals surface area (Å²) in [5.74, 6) is 1.77. The van der Waals surface area contributed by atoms with Crippen LogP contribution < -0.4 is 20.7 Å². The highest BCUT2D eigenvalue weighted by Crippen LogP contribution is 2.12. The minimum Gasteiger partial charge on any atom is -0.497 e. The first-order valence-electron chi connectivity index (χ1n) is 8.31. The maximum Gasteiger partial charge on any atom is 0.229 e. The summed E-state index contributed by atoms with van der Waals surface area (Å²) in [6.07, 6.45) is 0. The van der Waals surface area contributed by atoms with Crippen LogP contribution in [0, 0.1) is 13.8 Å².